The third kappa shape index (κ3) is 6.03. The minimum absolute atomic E-state index is 0. The van der Waals surface area contributed by atoms with Crippen LogP contribution in [-0.4, -0.2) is 40.0 Å². The van der Waals surface area contributed by atoms with E-state index in [0.29, 0.717) is 38.8 Å². The van der Waals surface area contributed by atoms with Crippen LogP contribution in [-0.2, 0) is 16.1 Å². The molecule has 1 heterocycles. The Hall–Kier alpha value is -2.12. The molecule has 1 saturated heterocycles. The summed E-state index contributed by atoms with van der Waals surface area (Å²) in [7, 11) is 0. The quantitative estimate of drug-likeness (QED) is 0.501. The van der Waals surface area contributed by atoms with Crippen LogP contribution < -0.4 is 11.1 Å². The summed E-state index contributed by atoms with van der Waals surface area (Å²) in [4.78, 5) is 35.7. The average molecular weight is 370 g/mol. The molecule has 3 amide bonds. The molecule has 2 rings (SSSR count). The van der Waals surface area contributed by atoms with Crippen LogP contribution in [0.5, 0.6) is 0 Å². The number of benzene rings is 1. The number of carbonyl (C=O) groups excluding carboxylic acids is 2. The third-order valence-electron chi connectivity index (χ3n) is 4.29. The first-order valence-electron chi connectivity index (χ1n) is 8.06. The van der Waals surface area contributed by atoms with Crippen LogP contribution >= 0.6 is 12.4 Å². The molecule has 1 unspecified atom stereocenters. The SMILES string of the molecule is Cl.NC1(CCCCN(Cc2ccccc2)C(=O)O)CCC(=O)NC1=O. The molecule has 0 radical (unpaired) electrons. The van der Waals surface area contributed by atoms with Crippen molar-refractivity contribution in [1.82, 2.24) is 10.2 Å². The highest BCUT2D eigenvalue weighted by Crippen LogP contribution is 2.21. The zero-order valence-corrected chi connectivity index (χ0v) is 14.8. The van der Waals surface area contributed by atoms with E-state index >= 15 is 0 Å². The van der Waals surface area contributed by atoms with Gasteiger partial charge in [0, 0.05) is 19.5 Å². The van der Waals surface area contributed by atoms with Gasteiger partial charge in [0.25, 0.3) is 0 Å². The highest BCUT2D eigenvalue weighted by molar-refractivity contribution is 6.02. The maximum absolute atomic E-state index is 11.8. The molecule has 1 aromatic carbocycles. The topological polar surface area (TPSA) is 113 Å². The van der Waals surface area contributed by atoms with Crippen molar-refractivity contribution in [3.8, 4) is 0 Å². The second-order valence-corrected chi connectivity index (χ2v) is 6.18. The number of amides is 3. The summed E-state index contributed by atoms with van der Waals surface area (Å²) >= 11 is 0. The van der Waals surface area contributed by atoms with E-state index in [4.69, 9.17) is 5.73 Å². The van der Waals surface area contributed by atoms with Gasteiger partial charge in [0.05, 0.1) is 5.54 Å². The number of hydrogen-bond donors (Lipinski definition) is 3. The van der Waals surface area contributed by atoms with Crippen LogP contribution in [0.4, 0.5) is 4.79 Å². The molecule has 1 fully saturated rings. The van der Waals surface area contributed by atoms with Crippen LogP contribution in [0.25, 0.3) is 0 Å². The summed E-state index contributed by atoms with van der Waals surface area (Å²) in [5, 5.41) is 11.6. The minimum Gasteiger partial charge on any atom is -0.465 e. The van der Waals surface area contributed by atoms with Crippen molar-refractivity contribution in [2.24, 2.45) is 5.73 Å². The first kappa shape index (κ1) is 20.9. The number of nitrogens with one attached hydrogen (secondary N) is 1. The molecule has 25 heavy (non-hydrogen) atoms. The number of unbranched alkanes of at least 4 members (excludes halogenated alkanes) is 1. The maximum Gasteiger partial charge on any atom is 0.407 e. The van der Waals surface area contributed by atoms with Gasteiger partial charge in [0.1, 0.15) is 0 Å². The zero-order valence-electron chi connectivity index (χ0n) is 13.9. The summed E-state index contributed by atoms with van der Waals surface area (Å²) in [5.74, 6) is -0.723. The van der Waals surface area contributed by atoms with Crippen LogP contribution in [0.3, 0.4) is 0 Å². The standard InChI is InChI=1S/C17H23N3O4.ClH/c18-17(10-8-14(21)19-15(17)22)9-4-5-11-20(16(23)24)12-13-6-2-1-3-7-13;/h1-3,6-7H,4-5,8-12,18H2,(H,23,24)(H,19,21,22);1H. The molecule has 0 spiro atoms. The Morgan fingerprint density at radius 2 is 1.92 bits per heavy atom. The smallest absolute Gasteiger partial charge is 0.407 e. The number of carboxylic acid groups (broad SMARTS) is 1. The molecule has 7 nitrogen and oxygen atoms in total. The molecule has 138 valence electrons. The Morgan fingerprint density at radius 1 is 1.24 bits per heavy atom. The van der Waals surface area contributed by atoms with Crippen molar-refractivity contribution in [2.45, 2.75) is 44.2 Å². The molecular weight excluding hydrogens is 346 g/mol. The van der Waals surface area contributed by atoms with Crippen molar-refractivity contribution in [3.05, 3.63) is 35.9 Å². The summed E-state index contributed by atoms with van der Waals surface area (Å²) in [6, 6.07) is 9.39. The van der Waals surface area contributed by atoms with Crippen LogP contribution in [0.1, 0.15) is 37.7 Å². The highest BCUT2D eigenvalue weighted by atomic mass is 35.5. The summed E-state index contributed by atoms with van der Waals surface area (Å²) in [6.07, 6.45) is 1.28. The monoisotopic (exact) mass is 369 g/mol. The van der Waals surface area contributed by atoms with Crippen LogP contribution in [0.15, 0.2) is 30.3 Å². The predicted molar refractivity (Wildman–Crippen MR) is 95.3 cm³/mol. The molecule has 1 aliphatic rings. The lowest BCUT2D eigenvalue weighted by atomic mass is 9.85. The number of rotatable bonds is 7. The number of nitrogens with zero attached hydrogens (tertiary/aromatic N) is 1. The van der Waals surface area contributed by atoms with E-state index in [9.17, 15) is 19.5 Å². The summed E-state index contributed by atoms with van der Waals surface area (Å²) < 4.78 is 0. The normalized spacial score (nSPS) is 19.7. The number of carbonyl (C=O) groups is 3. The molecule has 8 heteroatoms. The molecule has 0 bridgehead atoms. The minimum atomic E-state index is -1.03. The first-order valence-corrected chi connectivity index (χ1v) is 8.06. The first-order chi connectivity index (χ1) is 11.4. The second kappa shape index (κ2) is 9.39. The number of hydrogen-bond acceptors (Lipinski definition) is 4. The van der Waals surface area contributed by atoms with E-state index in [1.165, 1.54) is 4.90 Å². The Kier molecular flexibility index (Phi) is 7.86. The van der Waals surface area contributed by atoms with Gasteiger partial charge in [0.2, 0.25) is 11.8 Å². The van der Waals surface area contributed by atoms with E-state index in [-0.39, 0.29) is 24.7 Å². The Bertz CT molecular complexity index is 611. The largest absolute Gasteiger partial charge is 0.465 e. The molecule has 0 saturated carbocycles. The van der Waals surface area contributed by atoms with Gasteiger partial charge in [-0.05, 0) is 31.2 Å². The molecule has 4 N–H and O–H groups in total. The van der Waals surface area contributed by atoms with Crippen LogP contribution in [0.2, 0.25) is 0 Å². The summed E-state index contributed by atoms with van der Waals surface area (Å²) in [6.45, 7) is 0.708. The fourth-order valence-electron chi connectivity index (χ4n) is 2.79. The zero-order chi connectivity index (χ0) is 17.6. The maximum atomic E-state index is 11.8. The number of halogens is 1. The molecule has 0 aliphatic carbocycles. The Morgan fingerprint density at radius 3 is 2.52 bits per heavy atom. The molecule has 1 aromatic rings. The van der Waals surface area contributed by atoms with Gasteiger partial charge >= 0.3 is 6.09 Å². The highest BCUT2D eigenvalue weighted by Gasteiger charge is 2.38. The lowest BCUT2D eigenvalue weighted by Gasteiger charge is -2.31. The van der Waals surface area contributed by atoms with Gasteiger partial charge in [-0.3, -0.25) is 14.9 Å². The van der Waals surface area contributed by atoms with E-state index in [1.807, 2.05) is 30.3 Å². The number of nitrogens with two attached hydrogens (primary N) is 1. The van der Waals surface area contributed by atoms with Gasteiger partial charge in [-0.25, -0.2) is 4.79 Å². The lowest BCUT2D eigenvalue weighted by molar-refractivity contribution is -0.137. The van der Waals surface area contributed by atoms with Crippen LogP contribution in [0, 0.1) is 0 Å². The Labute approximate surface area is 153 Å². The average Bonchev–Trinajstić information content (AvgIpc) is 2.55. The van der Waals surface area contributed by atoms with E-state index in [2.05, 4.69) is 5.32 Å². The van der Waals surface area contributed by atoms with Crippen molar-refractivity contribution >= 4 is 30.3 Å². The Balaban J connectivity index is 0.00000312. The van der Waals surface area contributed by atoms with Crippen molar-refractivity contribution in [2.75, 3.05) is 6.54 Å². The predicted octanol–water partition coefficient (Wildman–Crippen LogP) is 1.89. The van der Waals surface area contributed by atoms with E-state index in [1.54, 1.807) is 0 Å². The molecule has 1 atom stereocenters. The van der Waals surface area contributed by atoms with Crippen molar-refractivity contribution in [3.63, 3.8) is 0 Å². The van der Waals surface area contributed by atoms with Crippen molar-refractivity contribution < 1.29 is 19.5 Å². The second-order valence-electron chi connectivity index (χ2n) is 6.18. The number of imide groups is 1. The summed E-state index contributed by atoms with van der Waals surface area (Å²) in [5.41, 5.74) is 5.98. The van der Waals surface area contributed by atoms with E-state index in [0.717, 1.165) is 5.56 Å². The van der Waals surface area contributed by atoms with Gasteiger partial charge in [-0.15, -0.1) is 12.4 Å². The fraction of sp³-hybridized carbons (Fsp3) is 0.471. The fourth-order valence-corrected chi connectivity index (χ4v) is 2.79. The molecule has 0 aromatic heterocycles. The molecular formula is C17H24ClN3O4. The third-order valence-corrected chi connectivity index (χ3v) is 4.29. The van der Waals surface area contributed by atoms with Crippen molar-refractivity contribution in [1.29, 1.82) is 0 Å². The van der Waals surface area contributed by atoms with Gasteiger partial charge in [-0.2, -0.15) is 0 Å². The van der Waals surface area contributed by atoms with Gasteiger partial charge in [0.15, 0.2) is 0 Å². The molecule has 1 aliphatic heterocycles. The van der Waals surface area contributed by atoms with Gasteiger partial charge in [-0.1, -0.05) is 30.3 Å². The lowest BCUT2D eigenvalue weighted by Crippen LogP contribution is -2.59. The number of piperidine rings is 1. The van der Waals surface area contributed by atoms with E-state index < -0.39 is 17.5 Å². The van der Waals surface area contributed by atoms with Gasteiger partial charge < -0.3 is 15.7 Å².